The van der Waals surface area contributed by atoms with E-state index in [1.165, 1.54) is 31.4 Å². The minimum Gasteiger partial charge on any atom is -0.310 e. The van der Waals surface area contributed by atoms with E-state index in [1.54, 1.807) is 6.07 Å². The predicted octanol–water partition coefficient (Wildman–Crippen LogP) is 3.61. The van der Waals surface area contributed by atoms with Gasteiger partial charge in [-0.1, -0.05) is 20.3 Å². The van der Waals surface area contributed by atoms with Crippen LogP contribution in [0.5, 0.6) is 0 Å². The number of benzene rings is 1. The Labute approximate surface area is 114 Å². The molecule has 0 aliphatic heterocycles. The lowest BCUT2D eigenvalue weighted by Gasteiger charge is -2.21. The first kappa shape index (κ1) is 14.0. The molecule has 3 heteroatoms. The van der Waals surface area contributed by atoms with Gasteiger partial charge in [0.1, 0.15) is 5.82 Å². The average Bonchev–Trinajstić information content (AvgIpc) is 2.77. The summed E-state index contributed by atoms with van der Waals surface area (Å²) in [6.45, 7) is 5.10. The zero-order valence-electron chi connectivity index (χ0n) is 11.6. The van der Waals surface area contributed by atoms with Crippen molar-refractivity contribution in [3.63, 3.8) is 0 Å². The molecule has 1 N–H and O–H groups in total. The van der Waals surface area contributed by atoms with Crippen molar-refractivity contribution in [1.29, 1.82) is 5.26 Å². The van der Waals surface area contributed by atoms with Crippen molar-refractivity contribution in [2.45, 2.75) is 45.7 Å². The highest BCUT2D eigenvalue weighted by atomic mass is 19.1. The van der Waals surface area contributed by atoms with Crippen LogP contribution in [0, 0.1) is 29.0 Å². The van der Waals surface area contributed by atoms with Gasteiger partial charge in [0.2, 0.25) is 0 Å². The van der Waals surface area contributed by atoms with Gasteiger partial charge in [0.05, 0.1) is 11.6 Å². The fraction of sp³-hybridized carbons (Fsp3) is 0.562. The van der Waals surface area contributed by atoms with Crippen LogP contribution in [-0.4, -0.2) is 6.04 Å². The van der Waals surface area contributed by atoms with E-state index in [9.17, 15) is 4.39 Å². The molecule has 3 atom stereocenters. The Morgan fingerprint density at radius 2 is 2.21 bits per heavy atom. The number of nitrogens with zero attached hydrogens (tertiary/aromatic N) is 1. The van der Waals surface area contributed by atoms with Gasteiger partial charge < -0.3 is 5.32 Å². The Morgan fingerprint density at radius 3 is 2.84 bits per heavy atom. The molecule has 0 saturated heterocycles. The maximum atomic E-state index is 13.2. The van der Waals surface area contributed by atoms with E-state index in [1.807, 2.05) is 0 Å². The first-order chi connectivity index (χ1) is 9.15. The number of hydrogen-bond donors (Lipinski definition) is 1. The summed E-state index contributed by atoms with van der Waals surface area (Å²) in [5.41, 5.74) is 1.32. The van der Waals surface area contributed by atoms with Crippen LogP contribution in [0.25, 0.3) is 0 Å². The third-order valence-corrected chi connectivity index (χ3v) is 4.49. The van der Waals surface area contributed by atoms with Gasteiger partial charge in [-0.15, -0.1) is 0 Å². The number of hydrogen-bond acceptors (Lipinski definition) is 2. The van der Waals surface area contributed by atoms with Crippen LogP contribution >= 0.6 is 0 Å². The van der Waals surface area contributed by atoms with Crippen molar-refractivity contribution in [1.82, 2.24) is 5.32 Å². The molecule has 19 heavy (non-hydrogen) atoms. The minimum absolute atomic E-state index is 0.276. The van der Waals surface area contributed by atoms with Crippen LogP contribution in [0.4, 0.5) is 4.39 Å². The highest BCUT2D eigenvalue weighted by Gasteiger charge is 2.30. The number of nitrogens with one attached hydrogen (secondary N) is 1. The molecule has 0 aromatic heterocycles. The maximum Gasteiger partial charge on any atom is 0.123 e. The van der Waals surface area contributed by atoms with E-state index >= 15 is 0 Å². The molecule has 0 amide bonds. The minimum atomic E-state index is -0.276. The van der Waals surface area contributed by atoms with Gasteiger partial charge >= 0.3 is 0 Å². The Kier molecular flexibility index (Phi) is 4.55. The molecule has 0 heterocycles. The number of halogens is 1. The van der Waals surface area contributed by atoms with Crippen molar-refractivity contribution in [3.8, 4) is 6.07 Å². The molecule has 2 rings (SSSR count). The second kappa shape index (κ2) is 6.16. The molecule has 0 bridgehead atoms. The zero-order valence-corrected chi connectivity index (χ0v) is 11.6. The van der Waals surface area contributed by atoms with Gasteiger partial charge in [-0.3, -0.25) is 0 Å². The Balaban J connectivity index is 2.00. The maximum absolute atomic E-state index is 13.2. The third-order valence-electron chi connectivity index (χ3n) is 4.49. The van der Waals surface area contributed by atoms with Crippen molar-refractivity contribution < 1.29 is 4.39 Å². The van der Waals surface area contributed by atoms with Crippen LogP contribution < -0.4 is 5.32 Å². The van der Waals surface area contributed by atoms with E-state index in [-0.39, 0.29) is 5.82 Å². The number of rotatable bonds is 4. The summed E-state index contributed by atoms with van der Waals surface area (Å²) < 4.78 is 13.2. The molecule has 2 nitrogen and oxygen atoms in total. The van der Waals surface area contributed by atoms with Gasteiger partial charge in [0, 0.05) is 12.6 Å². The molecule has 0 radical (unpaired) electrons. The van der Waals surface area contributed by atoms with Crippen LogP contribution in [0.3, 0.4) is 0 Å². The summed E-state index contributed by atoms with van der Waals surface area (Å²) in [7, 11) is 0. The first-order valence-electron chi connectivity index (χ1n) is 7.07. The summed E-state index contributed by atoms with van der Waals surface area (Å²) in [6.07, 6.45) is 3.67. The topological polar surface area (TPSA) is 35.8 Å². The van der Waals surface area contributed by atoms with Gasteiger partial charge in [0.25, 0.3) is 0 Å². The van der Waals surface area contributed by atoms with Crippen molar-refractivity contribution in [3.05, 3.63) is 35.1 Å². The van der Waals surface area contributed by atoms with E-state index in [2.05, 4.69) is 25.2 Å². The lowest BCUT2D eigenvalue weighted by molar-refractivity contribution is 0.344. The summed E-state index contributed by atoms with van der Waals surface area (Å²) in [5.74, 6) is 1.17. The quantitative estimate of drug-likeness (QED) is 0.897. The first-order valence-corrected chi connectivity index (χ1v) is 7.07. The molecule has 1 aromatic carbocycles. The molecule has 1 aromatic rings. The van der Waals surface area contributed by atoms with Gasteiger partial charge in [-0.05, 0) is 48.4 Å². The fourth-order valence-electron chi connectivity index (χ4n) is 3.17. The largest absolute Gasteiger partial charge is 0.310 e. The van der Waals surface area contributed by atoms with Gasteiger partial charge in [-0.25, -0.2) is 4.39 Å². The lowest BCUT2D eigenvalue weighted by atomic mass is 9.93. The van der Waals surface area contributed by atoms with Crippen LogP contribution in [0.2, 0.25) is 0 Å². The summed E-state index contributed by atoms with van der Waals surface area (Å²) in [4.78, 5) is 0. The summed E-state index contributed by atoms with van der Waals surface area (Å²) in [5, 5.41) is 12.5. The normalized spacial score (nSPS) is 26.3. The second-order valence-corrected chi connectivity index (χ2v) is 5.51. The number of nitriles is 1. The fourth-order valence-corrected chi connectivity index (χ4v) is 3.17. The second-order valence-electron chi connectivity index (χ2n) is 5.51. The predicted molar refractivity (Wildman–Crippen MR) is 73.9 cm³/mol. The van der Waals surface area contributed by atoms with Crippen LogP contribution in [-0.2, 0) is 6.54 Å². The van der Waals surface area contributed by atoms with Crippen molar-refractivity contribution in [2.75, 3.05) is 0 Å². The van der Waals surface area contributed by atoms with E-state index in [0.29, 0.717) is 24.1 Å². The van der Waals surface area contributed by atoms with E-state index < -0.39 is 0 Å². The van der Waals surface area contributed by atoms with E-state index in [4.69, 9.17) is 5.26 Å². The standard InChI is InChI=1S/C16H21FN2/c1-3-12-5-7-16(11(12)2)19-10-14-8-15(17)6-4-13(14)9-18/h4,6,8,11-12,16,19H,3,5,7,10H2,1-2H3. The summed E-state index contributed by atoms with van der Waals surface area (Å²) >= 11 is 0. The van der Waals surface area contributed by atoms with Crippen molar-refractivity contribution in [2.24, 2.45) is 11.8 Å². The molecule has 1 aliphatic carbocycles. The van der Waals surface area contributed by atoms with Gasteiger partial charge in [0.15, 0.2) is 0 Å². The molecule has 1 saturated carbocycles. The third kappa shape index (κ3) is 3.13. The zero-order chi connectivity index (χ0) is 13.8. The molecular weight excluding hydrogens is 239 g/mol. The Hall–Kier alpha value is -1.40. The highest BCUT2D eigenvalue weighted by molar-refractivity contribution is 5.37. The molecule has 102 valence electrons. The summed E-state index contributed by atoms with van der Waals surface area (Å²) in [6, 6.07) is 6.96. The smallest absolute Gasteiger partial charge is 0.123 e. The molecule has 3 unspecified atom stereocenters. The molecule has 1 fully saturated rings. The van der Waals surface area contributed by atoms with Gasteiger partial charge in [-0.2, -0.15) is 5.26 Å². The highest BCUT2D eigenvalue weighted by Crippen LogP contribution is 2.34. The Morgan fingerprint density at radius 1 is 1.42 bits per heavy atom. The van der Waals surface area contributed by atoms with Crippen LogP contribution in [0.15, 0.2) is 18.2 Å². The van der Waals surface area contributed by atoms with Crippen molar-refractivity contribution >= 4 is 0 Å². The molecule has 0 spiro atoms. The Bertz CT molecular complexity index is 478. The average molecular weight is 260 g/mol. The van der Waals surface area contributed by atoms with E-state index in [0.717, 1.165) is 11.5 Å². The lowest BCUT2D eigenvalue weighted by Crippen LogP contribution is -2.32. The SMILES string of the molecule is CCC1CCC(NCc2cc(F)ccc2C#N)C1C. The molecule has 1 aliphatic rings. The van der Waals surface area contributed by atoms with Crippen LogP contribution in [0.1, 0.15) is 44.2 Å². The molecular formula is C16H21FN2. The monoisotopic (exact) mass is 260 g/mol.